The molecule has 0 aromatic carbocycles. The summed E-state index contributed by atoms with van der Waals surface area (Å²) in [5.41, 5.74) is 1.24. The Morgan fingerprint density at radius 3 is 3.00 bits per heavy atom. The zero-order valence-corrected chi connectivity index (χ0v) is 10.6. The first-order valence-corrected chi connectivity index (χ1v) is 5.93. The van der Waals surface area contributed by atoms with E-state index in [1.807, 2.05) is 10.9 Å². The van der Waals surface area contributed by atoms with Crippen LogP contribution in [0.5, 0.6) is 0 Å². The molecule has 0 spiro atoms. The van der Waals surface area contributed by atoms with Crippen LogP contribution in [0.3, 0.4) is 0 Å². The molecule has 0 radical (unpaired) electrons. The number of hydrogen-bond acceptors (Lipinski definition) is 3. The van der Waals surface area contributed by atoms with Gasteiger partial charge in [0, 0.05) is 38.5 Å². The Balaban J connectivity index is 2.22. The molecule has 0 unspecified atom stereocenters. The first-order valence-electron chi connectivity index (χ1n) is 5.93. The lowest BCUT2D eigenvalue weighted by Gasteiger charge is -2.04. The largest absolute Gasteiger partial charge is 0.383 e. The molecule has 0 bridgehead atoms. The molecular weight excluding hydrogens is 202 g/mol. The van der Waals surface area contributed by atoms with Gasteiger partial charge in [-0.25, -0.2) is 0 Å². The van der Waals surface area contributed by atoms with E-state index in [9.17, 15) is 0 Å². The topological polar surface area (TPSA) is 39.1 Å². The van der Waals surface area contributed by atoms with Crippen molar-refractivity contribution in [3.05, 3.63) is 18.0 Å². The summed E-state index contributed by atoms with van der Waals surface area (Å²) in [6.45, 7) is 7.98. The second kappa shape index (κ2) is 7.41. The van der Waals surface area contributed by atoms with Gasteiger partial charge in [0.1, 0.15) is 0 Å². The summed E-state index contributed by atoms with van der Waals surface area (Å²) in [6, 6.07) is 0. The Kier molecular flexibility index (Phi) is 6.11. The Morgan fingerprint density at radius 1 is 1.50 bits per heavy atom. The predicted molar refractivity (Wildman–Crippen MR) is 65.3 cm³/mol. The summed E-state index contributed by atoms with van der Waals surface area (Å²) in [5, 5.41) is 7.63. The van der Waals surface area contributed by atoms with E-state index in [0.717, 1.165) is 32.2 Å². The minimum atomic E-state index is 0.729. The molecule has 1 rings (SSSR count). The van der Waals surface area contributed by atoms with Crippen molar-refractivity contribution < 1.29 is 4.74 Å². The van der Waals surface area contributed by atoms with Crippen LogP contribution in [0.2, 0.25) is 0 Å². The van der Waals surface area contributed by atoms with Crippen molar-refractivity contribution in [1.82, 2.24) is 15.1 Å². The van der Waals surface area contributed by atoms with E-state index in [0.29, 0.717) is 0 Å². The monoisotopic (exact) mass is 225 g/mol. The van der Waals surface area contributed by atoms with Gasteiger partial charge in [-0.1, -0.05) is 13.8 Å². The maximum Gasteiger partial charge on any atom is 0.0587 e. The van der Waals surface area contributed by atoms with Crippen LogP contribution in [-0.2, 0) is 17.8 Å². The van der Waals surface area contributed by atoms with Gasteiger partial charge < -0.3 is 10.1 Å². The number of ether oxygens (including phenoxy) is 1. The number of rotatable bonds is 8. The fourth-order valence-corrected chi connectivity index (χ4v) is 1.42. The molecule has 0 aliphatic heterocycles. The van der Waals surface area contributed by atoms with E-state index in [-0.39, 0.29) is 0 Å². The first kappa shape index (κ1) is 13.2. The molecule has 1 aromatic heterocycles. The lowest BCUT2D eigenvalue weighted by molar-refractivity contribution is 0.199. The van der Waals surface area contributed by atoms with Gasteiger partial charge in [-0.3, -0.25) is 4.68 Å². The fraction of sp³-hybridized carbons (Fsp3) is 0.750. The molecule has 4 nitrogen and oxygen atoms in total. The van der Waals surface area contributed by atoms with Crippen molar-refractivity contribution in [3.8, 4) is 0 Å². The second-order valence-electron chi connectivity index (χ2n) is 4.46. The second-order valence-corrected chi connectivity index (χ2v) is 4.46. The van der Waals surface area contributed by atoms with Crippen LogP contribution in [0.1, 0.15) is 25.8 Å². The number of aryl methyl sites for hydroxylation is 1. The van der Waals surface area contributed by atoms with Gasteiger partial charge in [-0.15, -0.1) is 0 Å². The van der Waals surface area contributed by atoms with Crippen molar-refractivity contribution in [2.24, 2.45) is 5.92 Å². The molecule has 0 saturated carbocycles. The Bertz CT molecular complexity index is 284. The summed E-state index contributed by atoms with van der Waals surface area (Å²) in [4.78, 5) is 0. The van der Waals surface area contributed by atoms with Gasteiger partial charge in [0.2, 0.25) is 0 Å². The Morgan fingerprint density at radius 2 is 2.31 bits per heavy atom. The van der Waals surface area contributed by atoms with E-state index in [1.165, 1.54) is 12.0 Å². The summed E-state index contributed by atoms with van der Waals surface area (Å²) in [5.74, 6) is 0.729. The van der Waals surface area contributed by atoms with Crippen LogP contribution in [-0.4, -0.2) is 30.0 Å². The lowest BCUT2D eigenvalue weighted by atomic mass is 10.1. The summed E-state index contributed by atoms with van der Waals surface area (Å²) >= 11 is 0. The smallest absolute Gasteiger partial charge is 0.0587 e. The number of nitrogens with zero attached hydrogens (tertiary/aromatic N) is 2. The van der Waals surface area contributed by atoms with Gasteiger partial charge in [-0.2, -0.15) is 5.10 Å². The van der Waals surface area contributed by atoms with Gasteiger partial charge in [0.25, 0.3) is 0 Å². The minimum absolute atomic E-state index is 0.729. The normalized spacial score (nSPS) is 11.2. The molecule has 0 aliphatic carbocycles. The van der Waals surface area contributed by atoms with E-state index < -0.39 is 0 Å². The van der Waals surface area contributed by atoms with E-state index in [4.69, 9.17) is 4.74 Å². The van der Waals surface area contributed by atoms with Crippen LogP contribution in [0.25, 0.3) is 0 Å². The van der Waals surface area contributed by atoms with E-state index in [1.54, 1.807) is 7.11 Å². The molecule has 1 heterocycles. The van der Waals surface area contributed by atoms with Gasteiger partial charge in [0.05, 0.1) is 12.8 Å². The molecule has 0 saturated heterocycles. The molecule has 0 aliphatic rings. The van der Waals surface area contributed by atoms with Gasteiger partial charge >= 0.3 is 0 Å². The van der Waals surface area contributed by atoms with E-state index in [2.05, 4.69) is 30.5 Å². The highest BCUT2D eigenvalue weighted by atomic mass is 16.5. The molecule has 16 heavy (non-hydrogen) atoms. The average molecular weight is 225 g/mol. The standard InChI is InChI=1S/C12H23N3O/c1-11(2)4-6-15-10-12(9-14-15)8-13-5-7-16-3/h9-11,13H,4-8H2,1-3H3. The fourth-order valence-electron chi connectivity index (χ4n) is 1.42. The van der Waals surface area contributed by atoms with Crippen LogP contribution in [0.15, 0.2) is 12.4 Å². The minimum Gasteiger partial charge on any atom is -0.383 e. The van der Waals surface area contributed by atoms with Crippen molar-refractivity contribution in [3.63, 3.8) is 0 Å². The average Bonchev–Trinajstić information content (AvgIpc) is 2.70. The highest BCUT2D eigenvalue weighted by Crippen LogP contribution is 2.03. The van der Waals surface area contributed by atoms with Crippen LogP contribution in [0, 0.1) is 5.92 Å². The predicted octanol–water partition coefficient (Wildman–Crippen LogP) is 1.67. The third-order valence-electron chi connectivity index (χ3n) is 2.43. The summed E-state index contributed by atoms with van der Waals surface area (Å²) < 4.78 is 6.99. The molecule has 4 heteroatoms. The molecule has 0 amide bonds. The number of nitrogens with one attached hydrogen (secondary N) is 1. The van der Waals surface area contributed by atoms with Crippen molar-refractivity contribution in [2.45, 2.75) is 33.4 Å². The number of methoxy groups -OCH3 is 1. The van der Waals surface area contributed by atoms with Gasteiger partial charge in [0.15, 0.2) is 0 Å². The molecule has 0 fully saturated rings. The Hall–Kier alpha value is -0.870. The molecule has 1 aromatic rings. The maximum absolute atomic E-state index is 4.97. The van der Waals surface area contributed by atoms with Crippen molar-refractivity contribution in [1.29, 1.82) is 0 Å². The molecule has 92 valence electrons. The Labute approximate surface area is 98.0 Å². The molecule has 0 atom stereocenters. The lowest BCUT2D eigenvalue weighted by Crippen LogP contribution is -2.18. The van der Waals surface area contributed by atoms with E-state index >= 15 is 0 Å². The van der Waals surface area contributed by atoms with Crippen LogP contribution in [0.4, 0.5) is 0 Å². The summed E-state index contributed by atoms with van der Waals surface area (Å²) in [7, 11) is 1.71. The zero-order chi connectivity index (χ0) is 11.8. The highest BCUT2D eigenvalue weighted by Gasteiger charge is 1.99. The summed E-state index contributed by atoms with van der Waals surface area (Å²) in [6.07, 6.45) is 5.22. The maximum atomic E-state index is 4.97. The van der Waals surface area contributed by atoms with Crippen LogP contribution >= 0.6 is 0 Å². The molecule has 1 N–H and O–H groups in total. The SMILES string of the molecule is COCCNCc1cnn(CCC(C)C)c1. The first-order chi connectivity index (χ1) is 7.72. The quantitative estimate of drug-likeness (QED) is 0.684. The zero-order valence-electron chi connectivity index (χ0n) is 10.6. The highest BCUT2D eigenvalue weighted by molar-refractivity contribution is 5.03. The number of aromatic nitrogens is 2. The van der Waals surface area contributed by atoms with Crippen molar-refractivity contribution in [2.75, 3.05) is 20.3 Å². The van der Waals surface area contributed by atoms with Crippen molar-refractivity contribution >= 4 is 0 Å². The third-order valence-corrected chi connectivity index (χ3v) is 2.43. The number of hydrogen-bond donors (Lipinski definition) is 1. The van der Waals surface area contributed by atoms with Gasteiger partial charge in [-0.05, 0) is 12.3 Å². The van der Waals surface area contributed by atoms with Crippen LogP contribution < -0.4 is 5.32 Å². The molecular formula is C12H23N3O. The third kappa shape index (κ3) is 5.28.